The van der Waals surface area contributed by atoms with Crippen molar-refractivity contribution in [3.63, 3.8) is 0 Å². The van der Waals surface area contributed by atoms with Crippen molar-refractivity contribution >= 4 is 0 Å². The summed E-state index contributed by atoms with van der Waals surface area (Å²) in [6, 6.07) is 4.68. The first kappa shape index (κ1) is 14.5. The highest BCUT2D eigenvalue weighted by Gasteiger charge is 2.31. The Kier molecular flexibility index (Phi) is 4.94. The Morgan fingerprint density at radius 3 is 2.79 bits per heavy atom. The third kappa shape index (κ3) is 3.34. The maximum atomic E-state index is 6.39. The van der Waals surface area contributed by atoms with E-state index in [1.54, 1.807) is 0 Å². The smallest absolute Gasteiger partial charge is 0.0514 e. The van der Waals surface area contributed by atoms with Gasteiger partial charge in [0.15, 0.2) is 0 Å². The summed E-state index contributed by atoms with van der Waals surface area (Å²) < 4.78 is 0. The molecule has 1 aromatic heterocycles. The number of pyridine rings is 1. The number of nitrogens with two attached hydrogens (primary N) is 1. The average molecular weight is 261 g/mol. The number of nitrogens with zero attached hydrogens (tertiary/aromatic N) is 2. The molecule has 19 heavy (non-hydrogen) atoms. The SMILES string of the molecule is CCC(N)C(c1cccnc1)N1CCC(C)C(C)C1. The first-order valence-electron chi connectivity index (χ1n) is 7.53. The number of likely N-dealkylation sites (tertiary alicyclic amines) is 1. The van der Waals surface area contributed by atoms with Crippen molar-refractivity contribution in [3.8, 4) is 0 Å². The molecule has 0 radical (unpaired) electrons. The highest BCUT2D eigenvalue weighted by Crippen LogP contribution is 2.31. The van der Waals surface area contributed by atoms with Crippen LogP contribution in [0.1, 0.15) is 45.2 Å². The monoisotopic (exact) mass is 261 g/mol. The van der Waals surface area contributed by atoms with E-state index >= 15 is 0 Å². The van der Waals surface area contributed by atoms with Gasteiger partial charge in [-0.1, -0.05) is 26.8 Å². The molecule has 0 aliphatic carbocycles. The number of rotatable bonds is 4. The molecule has 1 fully saturated rings. The Balaban J connectivity index is 2.19. The molecule has 4 unspecified atom stereocenters. The Morgan fingerprint density at radius 1 is 1.42 bits per heavy atom. The maximum absolute atomic E-state index is 6.39. The molecule has 1 aromatic rings. The quantitative estimate of drug-likeness (QED) is 0.906. The molecule has 3 nitrogen and oxygen atoms in total. The van der Waals surface area contributed by atoms with Gasteiger partial charge in [0.05, 0.1) is 6.04 Å². The molecule has 4 atom stereocenters. The molecule has 0 aromatic carbocycles. The van der Waals surface area contributed by atoms with Gasteiger partial charge < -0.3 is 5.73 Å². The van der Waals surface area contributed by atoms with Gasteiger partial charge in [-0.15, -0.1) is 0 Å². The topological polar surface area (TPSA) is 42.1 Å². The zero-order valence-electron chi connectivity index (χ0n) is 12.4. The summed E-state index contributed by atoms with van der Waals surface area (Å²) in [6.07, 6.45) is 6.08. The van der Waals surface area contributed by atoms with Crippen LogP contribution in [0.3, 0.4) is 0 Å². The Morgan fingerprint density at radius 2 is 2.21 bits per heavy atom. The van der Waals surface area contributed by atoms with Gasteiger partial charge in [-0.2, -0.15) is 0 Å². The highest BCUT2D eigenvalue weighted by atomic mass is 15.2. The van der Waals surface area contributed by atoms with Gasteiger partial charge in [0.1, 0.15) is 0 Å². The van der Waals surface area contributed by atoms with Crippen molar-refractivity contribution in [1.82, 2.24) is 9.88 Å². The van der Waals surface area contributed by atoms with Crippen molar-refractivity contribution in [1.29, 1.82) is 0 Å². The summed E-state index contributed by atoms with van der Waals surface area (Å²) in [5, 5.41) is 0. The second kappa shape index (κ2) is 6.49. The second-order valence-corrected chi connectivity index (χ2v) is 6.04. The third-order valence-electron chi connectivity index (χ3n) is 4.66. The first-order chi connectivity index (χ1) is 9.13. The minimum absolute atomic E-state index is 0.185. The molecule has 0 spiro atoms. The minimum atomic E-state index is 0.185. The second-order valence-electron chi connectivity index (χ2n) is 6.04. The van der Waals surface area contributed by atoms with Crippen molar-refractivity contribution in [3.05, 3.63) is 30.1 Å². The molecule has 2 heterocycles. The van der Waals surface area contributed by atoms with Crippen LogP contribution in [-0.2, 0) is 0 Å². The van der Waals surface area contributed by atoms with E-state index in [4.69, 9.17) is 5.73 Å². The summed E-state index contributed by atoms with van der Waals surface area (Å²) >= 11 is 0. The van der Waals surface area contributed by atoms with Crippen molar-refractivity contribution in [2.75, 3.05) is 13.1 Å². The zero-order chi connectivity index (χ0) is 13.8. The van der Waals surface area contributed by atoms with E-state index in [0.29, 0.717) is 6.04 Å². The summed E-state index contributed by atoms with van der Waals surface area (Å²) in [5.74, 6) is 1.57. The number of aromatic nitrogens is 1. The van der Waals surface area contributed by atoms with Gasteiger partial charge in [-0.3, -0.25) is 9.88 Å². The first-order valence-corrected chi connectivity index (χ1v) is 7.53. The highest BCUT2D eigenvalue weighted by molar-refractivity contribution is 5.16. The Labute approximate surface area is 117 Å². The van der Waals surface area contributed by atoms with Gasteiger partial charge in [0.2, 0.25) is 0 Å². The normalized spacial score (nSPS) is 28.0. The van der Waals surface area contributed by atoms with E-state index in [-0.39, 0.29) is 6.04 Å². The Hall–Kier alpha value is -0.930. The fourth-order valence-electron chi connectivity index (χ4n) is 3.05. The summed E-state index contributed by atoms with van der Waals surface area (Å²) in [6.45, 7) is 9.19. The van der Waals surface area contributed by atoms with Crippen LogP contribution in [0.15, 0.2) is 24.5 Å². The van der Waals surface area contributed by atoms with Gasteiger partial charge in [0.25, 0.3) is 0 Å². The molecule has 0 amide bonds. The summed E-state index contributed by atoms with van der Waals surface area (Å²) in [5.41, 5.74) is 7.65. The lowest BCUT2D eigenvalue weighted by molar-refractivity contribution is 0.0814. The Bertz CT molecular complexity index is 379. The van der Waals surface area contributed by atoms with E-state index in [0.717, 1.165) is 31.3 Å². The number of piperidine rings is 1. The predicted molar refractivity (Wildman–Crippen MR) is 79.8 cm³/mol. The molecule has 0 bridgehead atoms. The lowest BCUT2D eigenvalue weighted by atomic mass is 9.86. The molecular formula is C16H27N3. The number of hydrogen-bond donors (Lipinski definition) is 1. The summed E-state index contributed by atoms with van der Waals surface area (Å²) in [4.78, 5) is 6.83. The fraction of sp³-hybridized carbons (Fsp3) is 0.688. The standard InChI is InChI=1S/C16H27N3/c1-4-15(17)16(14-6-5-8-18-10-14)19-9-7-12(2)13(3)11-19/h5-6,8,10,12-13,15-16H,4,7,9,11,17H2,1-3H3. The lowest BCUT2D eigenvalue weighted by Gasteiger charge is -2.42. The lowest BCUT2D eigenvalue weighted by Crippen LogP contribution is -2.47. The van der Waals surface area contributed by atoms with Gasteiger partial charge in [-0.25, -0.2) is 0 Å². The zero-order valence-corrected chi connectivity index (χ0v) is 12.4. The maximum Gasteiger partial charge on any atom is 0.0514 e. The molecule has 2 N–H and O–H groups in total. The minimum Gasteiger partial charge on any atom is -0.326 e. The van der Waals surface area contributed by atoms with E-state index < -0.39 is 0 Å². The van der Waals surface area contributed by atoms with Crippen LogP contribution in [-0.4, -0.2) is 29.0 Å². The van der Waals surface area contributed by atoms with Crippen LogP contribution in [0, 0.1) is 11.8 Å². The predicted octanol–water partition coefficient (Wildman–Crippen LogP) is 2.84. The van der Waals surface area contributed by atoms with Crippen molar-refractivity contribution < 1.29 is 0 Å². The van der Waals surface area contributed by atoms with Gasteiger partial charge in [0, 0.05) is 25.0 Å². The molecule has 1 saturated heterocycles. The van der Waals surface area contributed by atoms with Crippen LogP contribution in [0.25, 0.3) is 0 Å². The molecule has 1 aliphatic rings. The third-order valence-corrected chi connectivity index (χ3v) is 4.66. The van der Waals surface area contributed by atoms with E-state index in [1.165, 1.54) is 12.0 Å². The number of hydrogen-bond acceptors (Lipinski definition) is 3. The molecule has 106 valence electrons. The van der Waals surface area contributed by atoms with E-state index in [2.05, 4.69) is 36.7 Å². The average Bonchev–Trinajstić information content (AvgIpc) is 2.44. The van der Waals surface area contributed by atoms with Gasteiger partial charge in [-0.05, 0) is 42.9 Å². The molecule has 1 aliphatic heterocycles. The molecular weight excluding hydrogens is 234 g/mol. The molecule has 0 saturated carbocycles. The largest absolute Gasteiger partial charge is 0.326 e. The van der Waals surface area contributed by atoms with Crippen molar-refractivity contribution in [2.24, 2.45) is 17.6 Å². The van der Waals surface area contributed by atoms with Crippen molar-refractivity contribution in [2.45, 2.75) is 45.7 Å². The van der Waals surface area contributed by atoms with Crippen LogP contribution in [0.2, 0.25) is 0 Å². The van der Waals surface area contributed by atoms with Crippen LogP contribution in [0.5, 0.6) is 0 Å². The van der Waals surface area contributed by atoms with Crippen LogP contribution in [0.4, 0.5) is 0 Å². The molecule has 3 heteroatoms. The molecule has 2 rings (SSSR count). The van der Waals surface area contributed by atoms with E-state index in [1.807, 2.05) is 18.5 Å². The fourth-order valence-corrected chi connectivity index (χ4v) is 3.05. The van der Waals surface area contributed by atoms with Crippen LogP contribution < -0.4 is 5.73 Å². The summed E-state index contributed by atoms with van der Waals surface area (Å²) in [7, 11) is 0. The van der Waals surface area contributed by atoms with Crippen LogP contribution >= 0.6 is 0 Å². The van der Waals surface area contributed by atoms with E-state index in [9.17, 15) is 0 Å². The van der Waals surface area contributed by atoms with Gasteiger partial charge >= 0.3 is 0 Å².